The van der Waals surface area contributed by atoms with Gasteiger partial charge in [0.05, 0.1) is 30.9 Å². The summed E-state index contributed by atoms with van der Waals surface area (Å²) in [6.07, 6.45) is 6.53. The number of ether oxygens (including phenoxy) is 1. The van der Waals surface area contributed by atoms with Crippen molar-refractivity contribution in [3.8, 4) is 5.75 Å². The molecule has 108 valence electrons. The van der Waals surface area contributed by atoms with Crippen LogP contribution in [0, 0.1) is 13.8 Å². The zero-order valence-corrected chi connectivity index (χ0v) is 13.1. The predicted molar refractivity (Wildman–Crippen MR) is 80.5 cm³/mol. The van der Waals surface area contributed by atoms with Crippen molar-refractivity contribution in [2.24, 2.45) is 0 Å². The number of hydrogen-bond donors (Lipinski definition) is 0. The quantitative estimate of drug-likeness (QED) is 0.790. The van der Waals surface area contributed by atoms with Gasteiger partial charge in [0, 0.05) is 29.1 Å². The van der Waals surface area contributed by atoms with E-state index >= 15 is 0 Å². The van der Waals surface area contributed by atoms with Crippen LogP contribution in [-0.4, -0.2) is 21.9 Å². The zero-order chi connectivity index (χ0) is 14.7. The summed E-state index contributed by atoms with van der Waals surface area (Å²) in [6, 6.07) is 0. The molecular formula is C15H20ClN3O. The molecule has 0 aliphatic heterocycles. The van der Waals surface area contributed by atoms with Crippen LogP contribution in [0.15, 0.2) is 18.6 Å². The molecule has 0 bridgehead atoms. The third-order valence-electron chi connectivity index (χ3n) is 3.43. The van der Waals surface area contributed by atoms with Crippen molar-refractivity contribution in [3.63, 3.8) is 0 Å². The van der Waals surface area contributed by atoms with Crippen molar-refractivity contribution in [2.45, 2.75) is 39.1 Å². The first kappa shape index (κ1) is 14.9. The lowest BCUT2D eigenvalue weighted by atomic mass is 10.1. The van der Waals surface area contributed by atoms with Crippen molar-refractivity contribution in [1.82, 2.24) is 14.8 Å². The van der Waals surface area contributed by atoms with Crippen LogP contribution in [-0.2, 0) is 6.54 Å². The van der Waals surface area contributed by atoms with E-state index < -0.39 is 0 Å². The number of aromatic nitrogens is 3. The minimum Gasteiger partial charge on any atom is -0.496 e. The van der Waals surface area contributed by atoms with Crippen LogP contribution in [0.3, 0.4) is 0 Å². The Balaban J connectivity index is 2.24. The van der Waals surface area contributed by atoms with E-state index in [9.17, 15) is 0 Å². The largest absolute Gasteiger partial charge is 0.496 e. The minimum absolute atomic E-state index is 0.0189. The third-order valence-corrected chi connectivity index (χ3v) is 4.00. The number of halogens is 1. The number of nitrogens with zero attached hydrogens (tertiary/aromatic N) is 3. The topological polar surface area (TPSA) is 39.9 Å². The Labute approximate surface area is 124 Å². The fourth-order valence-electron chi connectivity index (χ4n) is 2.25. The molecule has 0 aromatic carbocycles. The van der Waals surface area contributed by atoms with E-state index in [-0.39, 0.29) is 5.38 Å². The molecule has 2 aromatic heterocycles. The first-order valence-electron chi connectivity index (χ1n) is 6.72. The second kappa shape index (κ2) is 6.27. The van der Waals surface area contributed by atoms with E-state index in [4.69, 9.17) is 16.3 Å². The van der Waals surface area contributed by atoms with Crippen LogP contribution in [0.1, 0.15) is 41.1 Å². The smallest absolute Gasteiger partial charge is 0.128 e. The molecule has 1 atom stereocenters. The molecule has 0 spiro atoms. The van der Waals surface area contributed by atoms with Crippen molar-refractivity contribution in [3.05, 3.63) is 41.0 Å². The second-order valence-corrected chi connectivity index (χ2v) is 5.42. The Kier molecular flexibility index (Phi) is 4.65. The maximum Gasteiger partial charge on any atom is 0.128 e. The van der Waals surface area contributed by atoms with E-state index in [2.05, 4.69) is 17.0 Å². The van der Waals surface area contributed by atoms with Crippen LogP contribution >= 0.6 is 11.6 Å². The molecule has 0 saturated carbocycles. The number of rotatable bonds is 5. The molecule has 2 rings (SSSR count). The van der Waals surface area contributed by atoms with Gasteiger partial charge in [0.25, 0.3) is 0 Å². The van der Waals surface area contributed by atoms with Gasteiger partial charge in [-0.3, -0.25) is 9.67 Å². The summed E-state index contributed by atoms with van der Waals surface area (Å²) in [5.74, 6) is 0.895. The number of pyridine rings is 1. The zero-order valence-electron chi connectivity index (χ0n) is 12.4. The fraction of sp³-hybridized carbons (Fsp3) is 0.467. The summed E-state index contributed by atoms with van der Waals surface area (Å²) in [5.41, 5.74) is 4.11. The molecule has 0 aliphatic carbocycles. The van der Waals surface area contributed by atoms with E-state index in [1.807, 2.05) is 37.1 Å². The maximum absolute atomic E-state index is 6.22. The molecule has 5 heteroatoms. The molecule has 0 fully saturated rings. The van der Waals surface area contributed by atoms with Crippen LogP contribution in [0.5, 0.6) is 5.75 Å². The van der Waals surface area contributed by atoms with E-state index in [1.165, 1.54) is 0 Å². The van der Waals surface area contributed by atoms with Gasteiger partial charge in [0.1, 0.15) is 5.75 Å². The Bertz CT molecular complexity index is 595. The van der Waals surface area contributed by atoms with Gasteiger partial charge in [0.2, 0.25) is 0 Å². The number of aryl methyl sites for hydroxylation is 1. The molecule has 0 aliphatic rings. The van der Waals surface area contributed by atoms with Gasteiger partial charge in [0.15, 0.2) is 0 Å². The summed E-state index contributed by atoms with van der Waals surface area (Å²) in [5, 5.41) is 4.37. The lowest BCUT2D eigenvalue weighted by Gasteiger charge is -2.12. The third kappa shape index (κ3) is 2.96. The van der Waals surface area contributed by atoms with Gasteiger partial charge < -0.3 is 4.74 Å². The summed E-state index contributed by atoms with van der Waals surface area (Å²) in [6.45, 7) is 6.70. The average Bonchev–Trinajstić information content (AvgIpc) is 2.90. The SMILES string of the molecule is CCC(Cl)c1cnn(Cc2ncc(C)c(OC)c2C)c1. The minimum atomic E-state index is 0.0189. The fourth-order valence-corrected chi connectivity index (χ4v) is 2.36. The molecule has 1 unspecified atom stereocenters. The average molecular weight is 294 g/mol. The van der Waals surface area contributed by atoms with Gasteiger partial charge in [-0.25, -0.2) is 0 Å². The van der Waals surface area contributed by atoms with Crippen LogP contribution < -0.4 is 4.74 Å². The molecule has 20 heavy (non-hydrogen) atoms. The van der Waals surface area contributed by atoms with Crippen molar-refractivity contribution in [2.75, 3.05) is 7.11 Å². The normalized spacial score (nSPS) is 12.4. The molecule has 0 radical (unpaired) electrons. The molecular weight excluding hydrogens is 274 g/mol. The Morgan fingerprint density at radius 3 is 2.75 bits per heavy atom. The first-order valence-corrected chi connectivity index (χ1v) is 7.16. The van der Waals surface area contributed by atoms with Gasteiger partial charge in [-0.1, -0.05) is 6.92 Å². The predicted octanol–water partition coefficient (Wildman–Crippen LogP) is 3.64. The summed E-state index contributed by atoms with van der Waals surface area (Å²) >= 11 is 6.22. The first-order chi connectivity index (χ1) is 9.56. The second-order valence-electron chi connectivity index (χ2n) is 4.89. The molecule has 2 aromatic rings. The lowest BCUT2D eigenvalue weighted by molar-refractivity contribution is 0.406. The van der Waals surface area contributed by atoms with Crippen LogP contribution in [0.25, 0.3) is 0 Å². The van der Waals surface area contributed by atoms with Crippen molar-refractivity contribution >= 4 is 11.6 Å². The summed E-state index contributed by atoms with van der Waals surface area (Å²) in [7, 11) is 1.68. The molecule has 4 nitrogen and oxygen atoms in total. The number of alkyl halides is 1. The monoisotopic (exact) mass is 293 g/mol. The van der Waals surface area contributed by atoms with E-state index in [0.717, 1.165) is 34.6 Å². The molecule has 0 saturated heterocycles. The summed E-state index contributed by atoms with van der Waals surface area (Å²) in [4.78, 5) is 4.48. The highest BCUT2D eigenvalue weighted by Gasteiger charge is 2.12. The Hall–Kier alpha value is -1.55. The van der Waals surface area contributed by atoms with Crippen LogP contribution in [0.2, 0.25) is 0 Å². The molecule has 0 amide bonds. The van der Waals surface area contributed by atoms with Crippen molar-refractivity contribution in [1.29, 1.82) is 0 Å². The summed E-state index contributed by atoms with van der Waals surface area (Å²) < 4.78 is 7.29. The molecule has 2 heterocycles. The maximum atomic E-state index is 6.22. The Morgan fingerprint density at radius 1 is 1.35 bits per heavy atom. The van der Waals surface area contributed by atoms with E-state index in [0.29, 0.717) is 6.54 Å². The molecule has 0 N–H and O–H groups in total. The van der Waals surface area contributed by atoms with Gasteiger partial charge in [-0.05, 0) is 20.3 Å². The van der Waals surface area contributed by atoms with Gasteiger partial charge in [-0.2, -0.15) is 5.10 Å². The van der Waals surface area contributed by atoms with Gasteiger partial charge >= 0.3 is 0 Å². The van der Waals surface area contributed by atoms with Crippen LogP contribution in [0.4, 0.5) is 0 Å². The highest BCUT2D eigenvalue weighted by atomic mass is 35.5. The Morgan fingerprint density at radius 2 is 2.10 bits per heavy atom. The number of methoxy groups -OCH3 is 1. The van der Waals surface area contributed by atoms with Gasteiger partial charge in [-0.15, -0.1) is 11.6 Å². The number of hydrogen-bond acceptors (Lipinski definition) is 3. The van der Waals surface area contributed by atoms with E-state index in [1.54, 1.807) is 7.11 Å². The van der Waals surface area contributed by atoms with Crippen molar-refractivity contribution < 1.29 is 4.74 Å². The lowest BCUT2D eigenvalue weighted by Crippen LogP contribution is -2.06. The highest BCUT2D eigenvalue weighted by Crippen LogP contribution is 2.25. The standard InChI is InChI=1S/C15H20ClN3O/c1-5-13(16)12-7-18-19(8-12)9-14-11(3)15(20-4)10(2)6-17-14/h6-8,13H,5,9H2,1-4H3. The highest BCUT2D eigenvalue weighted by molar-refractivity contribution is 6.20.